The Bertz CT molecular complexity index is 629. The molecule has 1 aromatic rings. The lowest BCUT2D eigenvalue weighted by molar-refractivity contribution is -0.183. The fourth-order valence-corrected chi connectivity index (χ4v) is 3.67. The zero-order chi connectivity index (χ0) is 19.2. The number of benzene rings is 1. The van der Waals surface area contributed by atoms with Crippen molar-refractivity contribution >= 4 is 0 Å². The summed E-state index contributed by atoms with van der Waals surface area (Å²) < 4.78 is 60.3. The summed E-state index contributed by atoms with van der Waals surface area (Å²) in [6, 6.07) is 1.51. The SMILES string of the molecule is CC#Cc1c(F)cc(OC(F)(F)CCC2CCC(CCC)CC2)cc1F. The first-order valence-electron chi connectivity index (χ1n) is 9.33. The van der Waals surface area contributed by atoms with Crippen LogP contribution in [-0.2, 0) is 0 Å². The second-order valence-electron chi connectivity index (χ2n) is 7.09. The van der Waals surface area contributed by atoms with Crippen LogP contribution in [0.4, 0.5) is 17.6 Å². The van der Waals surface area contributed by atoms with Crippen LogP contribution in [0.1, 0.15) is 70.8 Å². The minimum atomic E-state index is -3.45. The number of halogens is 4. The summed E-state index contributed by atoms with van der Waals surface area (Å²) >= 11 is 0. The molecule has 0 aliphatic heterocycles. The molecule has 0 amide bonds. The highest BCUT2D eigenvalue weighted by atomic mass is 19.3. The molecule has 1 aliphatic carbocycles. The average molecular weight is 370 g/mol. The van der Waals surface area contributed by atoms with Gasteiger partial charge in [0.15, 0.2) is 0 Å². The number of alkyl halides is 2. The fraction of sp³-hybridized carbons (Fsp3) is 0.619. The van der Waals surface area contributed by atoms with E-state index in [2.05, 4.69) is 23.5 Å². The van der Waals surface area contributed by atoms with E-state index in [0.29, 0.717) is 6.42 Å². The molecule has 0 radical (unpaired) electrons. The Balaban J connectivity index is 1.89. The highest BCUT2D eigenvalue weighted by Gasteiger charge is 2.33. The maximum Gasteiger partial charge on any atom is 0.397 e. The van der Waals surface area contributed by atoms with E-state index < -0.39 is 35.5 Å². The van der Waals surface area contributed by atoms with Gasteiger partial charge in [-0.15, -0.1) is 5.92 Å². The largest absolute Gasteiger partial charge is 0.432 e. The van der Waals surface area contributed by atoms with E-state index in [9.17, 15) is 17.6 Å². The number of rotatable bonds is 7. The van der Waals surface area contributed by atoms with Crippen molar-refractivity contribution < 1.29 is 22.3 Å². The van der Waals surface area contributed by atoms with Gasteiger partial charge in [0.1, 0.15) is 17.4 Å². The predicted octanol–water partition coefficient (Wildman–Crippen LogP) is 6.69. The molecule has 2 rings (SSSR count). The van der Waals surface area contributed by atoms with Gasteiger partial charge >= 0.3 is 6.11 Å². The zero-order valence-corrected chi connectivity index (χ0v) is 15.4. The van der Waals surface area contributed by atoms with Crippen molar-refractivity contribution in [3.8, 4) is 17.6 Å². The lowest BCUT2D eigenvalue weighted by Gasteiger charge is -2.29. The van der Waals surface area contributed by atoms with Gasteiger partial charge in [-0.25, -0.2) is 8.78 Å². The topological polar surface area (TPSA) is 9.23 Å². The van der Waals surface area contributed by atoms with Crippen molar-refractivity contribution in [3.05, 3.63) is 29.3 Å². The third-order valence-corrected chi connectivity index (χ3v) is 5.04. The summed E-state index contributed by atoms with van der Waals surface area (Å²) in [6.45, 7) is 3.60. The van der Waals surface area contributed by atoms with Crippen molar-refractivity contribution in [2.75, 3.05) is 0 Å². The minimum Gasteiger partial charge on any atom is -0.432 e. The Hall–Kier alpha value is -1.70. The van der Waals surface area contributed by atoms with Gasteiger partial charge in [-0.3, -0.25) is 0 Å². The van der Waals surface area contributed by atoms with E-state index in [1.54, 1.807) is 0 Å². The van der Waals surface area contributed by atoms with Gasteiger partial charge in [0.2, 0.25) is 0 Å². The van der Waals surface area contributed by atoms with Gasteiger partial charge in [-0.05, 0) is 25.2 Å². The Labute approximate surface area is 153 Å². The molecule has 1 aromatic carbocycles. The second kappa shape index (κ2) is 9.30. The predicted molar refractivity (Wildman–Crippen MR) is 94.1 cm³/mol. The highest BCUT2D eigenvalue weighted by Crippen LogP contribution is 2.36. The number of ether oxygens (including phenoxy) is 1. The van der Waals surface area contributed by atoms with E-state index in [0.717, 1.165) is 50.2 Å². The molecule has 144 valence electrons. The van der Waals surface area contributed by atoms with Crippen molar-refractivity contribution in [2.45, 2.75) is 71.3 Å². The maximum atomic E-state index is 14.1. The Kier molecular flexibility index (Phi) is 7.37. The molecule has 0 bridgehead atoms. The van der Waals surface area contributed by atoms with E-state index >= 15 is 0 Å². The van der Waals surface area contributed by atoms with Crippen LogP contribution < -0.4 is 4.74 Å². The smallest absolute Gasteiger partial charge is 0.397 e. The van der Waals surface area contributed by atoms with Crippen LogP contribution in [-0.4, -0.2) is 6.11 Å². The van der Waals surface area contributed by atoms with Crippen LogP contribution in [0.3, 0.4) is 0 Å². The molecule has 0 atom stereocenters. The molecule has 26 heavy (non-hydrogen) atoms. The highest BCUT2D eigenvalue weighted by molar-refractivity contribution is 5.41. The number of hydrogen-bond donors (Lipinski definition) is 0. The monoisotopic (exact) mass is 370 g/mol. The third kappa shape index (κ3) is 5.93. The van der Waals surface area contributed by atoms with Crippen molar-refractivity contribution in [1.82, 2.24) is 0 Å². The second-order valence-corrected chi connectivity index (χ2v) is 7.09. The van der Waals surface area contributed by atoms with Crippen LogP contribution in [0.2, 0.25) is 0 Å². The average Bonchev–Trinajstić information content (AvgIpc) is 2.57. The molecule has 0 unspecified atom stereocenters. The summed E-state index contributed by atoms with van der Waals surface area (Å²) in [6.07, 6.45) is 2.97. The van der Waals surface area contributed by atoms with E-state index in [1.807, 2.05) is 0 Å². The van der Waals surface area contributed by atoms with Gasteiger partial charge in [-0.1, -0.05) is 51.4 Å². The molecule has 0 aromatic heterocycles. The first-order valence-corrected chi connectivity index (χ1v) is 9.33. The fourth-order valence-electron chi connectivity index (χ4n) is 3.67. The third-order valence-electron chi connectivity index (χ3n) is 5.04. The summed E-state index contributed by atoms with van der Waals surface area (Å²) in [4.78, 5) is 0. The number of hydrogen-bond acceptors (Lipinski definition) is 1. The normalized spacial score (nSPS) is 20.4. The molecule has 1 aliphatic rings. The lowest BCUT2D eigenvalue weighted by atomic mass is 9.78. The molecule has 1 fully saturated rings. The van der Waals surface area contributed by atoms with Gasteiger partial charge in [0, 0.05) is 12.1 Å². The molecule has 5 heteroatoms. The van der Waals surface area contributed by atoms with Crippen LogP contribution in [0, 0.1) is 35.3 Å². The molecular weight excluding hydrogens is 344 g/mol. The van der Waals surface area contributed by atoms with Crippen LogP contribution in [0.15, 0.2) is 12.1 Å². The molecule has 0 heterocycles. The standard InChI is InChI=1S/C21H26F4O/c1-3-5-15-7-9-16(10-8-15)11-12-21(24,25)26-17-13-19(22)18(6-4-2)20(23)14-17/h13-16H,3,5,7-12H2,1-2H3. The summed E-state index contributed by atoms with van der Waals surface area (Å²) in [7, 11) is 0. The summed E-state index contributed by atoms with van der Waals surface area (Å²) in [5.41, 5.74) is -0.438. The molecule has 0 N–H and O–H groups in total. The lowest BCUT2D eigenvalue weighted by Crippen LogP contribution is -2.26. The molecule has 0 spiro atoms. The van der Waals surface area contributed by atoms with Crippen LogP contribution >= 0.6 is 0 Å². The van der Waals surface area contributed by atoms with Crippen molar-refractivity contribution in [2.24, 2.45) is 11.8 Å². The molecular formula is C21H26F4O. The molecule has 0 saturated heterocycles. The molecule has 1 nitrogen and oxygen atoms in total. The molecule has 1 saturated carbocycles. The maximum absolute atomic E-state index is 14.1. The van der Waals surface area contributed by atoms with Crippen molar-refractivity contribution in [1.29, 1.82) is 0 Å². The van der Waals surface area contributed by atoms with Gasteiger partial charge in [0.05, 0.1) is 12.0 Å². The van der Waals surface area contributed by atoms with Crippen LogP contribution in [0.25, 0.3) is 0 Å². The minimum absolute atomic E-state index is 0.272. The quantitative estimate of drug-likeness (QED) is 0.383. The van der Waals surface area contributed by atoms with E-state index in [4.69, 9.17) is 0 Å². The van der Waals surface area contributed by atoms with Gasteiger partial charge in [-0.2, -0.15) is 8.78 Å². The first kappa shape index (κ1) is 20.6. The Morgan fingerprint density at radius 1 is 1.04 bits per heavy atom. The van der Waals surface area contributed by atoms with E-state index in [1.165, 1.54) is 13.3 Å². The summed E-state index contributed by atoms with van der Waals surface area (Å²) in [5, 5.41) is 0. The summed E-state index contributed by atoms with van der Waals surface area (Å²) in [5.74, 6) is 3.13. The zero-order valence-electron chi connectivity index (χ0n) is 15.4. The van der Waals surface area contributed by atoms with Gasteiger partial charge < -0.3 is 4.74 Å². The Morgan fingerprint density at radius 3 is 2.08 bits per heavy atom. The Morgan fingerprint density at radius 2 is 1.58 bits per heavy atom. The van der Waals surface area contributed by atoms with Crippen LogP contribution in [0.5, 0.6) is 5.75 Å². The van der Waals surface area contributed by atoms with Gasteiger partial charge in [0.25, 0.3) is 0 Å². The van der Waals surface area contributed by atoms with Crippen molar-refractivity contribution in [3.63, 3.8) is 0 Å². The van der Waals surface area contributed by atoms with E-state index in [-0.39, 0.29) is 5.92 Å². The first-order chi connectivity index (χ1) is 12.3.